The number of benzene rings is 1. The van der Waals surface area contributed by atoms with Crippen molar-refractivity contribution in [2.24, 2.45) is 0 Å². The number of hydrogen-bond acceptors (Lipinski definition) is 1. The molecule has 1 aromatic rings. The van der Waals surface area contributed by atoms with E-state index in [1.807, 2.05) is 0 Å². The highest BCUT2D eigenvalue weighted by molar-refractivity contribution is 9.10. The van der Waals surface area contributed by atoms with E-state index < -0.39 is 5.97 Å². The Bertz CT molecular complexity index is 363. The molecular weight excluding hydrogens is 251 g/mol. The van der Waals surface area contributed by atoms with Crippen molar-refractivity contribution in [1.82, 2.24) is 0 Å². The van der Waals surface area contributed by atoms with Gasteiger partial charge in [-0.05, 0) is 46.5 Å². The maximum Gasteiger partial charge on any atom is 0.303 e. The minimum Gasteiger partial charge on any atom is -0.481 e. The van der Waals surface area contributed by atoms with E-state index in [9.17, 15) is 9.18 Å². The zero-order valence-electron chi connectivity index (χ0n) is 7.68. The van der Waals surface area contributed by atoms with Gasteiger partial charge in [0.1, 0.15) is 5.82 Å². The molecule has 0 unspecified atom stereocenters. The van der Waals surface area contributed by atoms with E-state index in [0.717, 1.165) is 5.56 Å². The molecule has 0 saturated heterocycles. The topological polar surface area (TPSA) is 37.3 Å². The molecule has 0 saturated carbocycles. The Labute approximate surface area is 89.9 Å². The van der Waals surface area contributed by atoms with Gasteiger partial charge < -0.3 is 5.11 Å². The first-order valence-electron chi connectivity index (χ1n) is 4.17. The summed E-state index contributed by atoms with van der Waals surface area (Å²) in [6.07, 6.45) is 0.357. The molecule has 0 atom stereocenters. The van der Waals surface area contributed by atoms with Crippen molar-refractivity contribution < 1.29 is 14.3 Å². The van der Waals surface area contributed by atoms with Crippen molar-refractivity contribution in [2.45, 2.75) is 19.8 Å². The van der Waals surface area contributed by atoms with E-state index in [1.54, 1.807) is 13.0 Å². The van der Waals surface area contributed by atoms with Crippen LogP contribution in [-0.4, -0.2) is 11.1 Å². The van der Waals surface area contributed by atoms with E-state index in [0.29, 0.717) is 16.5 Å². The van der Waals surface area contributed by atoms with Gasteiger partial charge in [0.25, 0.3) is 0 Å². The lowest BCUT2D eigenvalue weighted by molar-refractivity contribution is -0.136. The van der Waals surface area contributed by atoms with Crippen molar-refractivity contribution in [3.8, 4) is 0 Å². The molecular formula is C10H10BrFO2. The molecule has 4 heteroatoms. The highest BCUT2D eigenvalue weighted by Crippen LogP contribution is 2.23. The summed E-state index contributed by atoms with van der Waals surface area (Å²) in [6, 6.07) is 3.20. The molecule has 2 nitrogen and oxygen atoms in total. The Balaban J connectivity index is 2.90. The van der Waals surface area contributed by atoms with Crippen LogP contribution < -0.4 is 0 Å². The second kappa shape index (κ2) is 4.55. The standard InChI is InChI=1S/C10H10BrFO2/c1-6-4-7(2-3-9(13)14)10(11)8(12)5-6/h4-5H,2-3H2,1H3,(H,13,14). The van der Waals surface area contributed by atoms with Gasteiger partial charge in [0, 0.05) is 6.42 Å². The molecule has 0 bridgehead atoms. The van der Waals surface area contributed by atoms with Gasteiger partial charge in [0.15, 0.2) is 0 Å². The van der Waals surface area contributed by atoms with Gasteiger partial charge in [0.05, 0.1) is 4.47 Å². The van der Waals surface area contributed by atoms with Crippen LogP contribution in [0.25, 0.3) is 0 Å². The van der Waals surface area contributed by atoms with Gasteiger partial charge in [-0.2, -0.15) is 0 Å². The zero-order chi connectivity index (χ0) is 10.7. The number of aryl methyl sites for hydroxylation is 2. The van der Waals surface area contributed by atoms with Crippen LogP contribution in [0.1, 0.15) is 17.5 Å². The Morgan fingerprint density at radius 2 is 2.21 bits per heavy atom. The summed E-state index contributed by atoms with van der Waals surface area (Å²) < 4.78 is 13.5. The number of halogens is 2. The SMILES string of the molecule is Cc1cc(F)c(Br)c(CCC(=O)O)c1. The van der Waals surface area contributed by atoms with Crippen LogP contribution in [0.4, 0.5) is 4.39 Å². The van der Waals surface area contributed by atoms with Gasteiger partial charge in [-0.1, -0.05) is 6.07 Å². The maximum atomic E-state index is 13.2. The summed E-state index contributed by atoms with van der Waals surface area (Å²) in [6.45, 7) is 1.78. The third-order valence-electron chi connectivity index (χ3n) is 1.86. The van der Waals surface area contributed by atoms with Crippen molar-refractivity contribution in [1.29, 1.82) is 0 Å². The molecule has 0 fully saturated rings. The van der Waals surface area contributed by atoms with Crippen molar-refractivity contribution in [3.63, 3.8) is 0 Å². The third-order valence-corrected chi connectivity index (χ3v) is 2.74. The van der Waals surface area contributed by atoms with Crippen molar-refractivity contribution in [2.75, 3.05) is 0 Å². The fourth-order valence-electron chi connectivity index (χ4n) is 1.22. The molecule has 1 rings (SSSR count). The lowest BCUT2D eigenvalue weighted by Gasteiger charge is -2.05. The molecule has 0 aliphatic rings. The Hall–Kier alpha value is -0.900. The molecule has 0 aliphatic carbocycles. The molecule has 1 aromatic carbocycles. The molecule has 14 heavy (non-hydrogen) atoms. The summed E-state index contributed by atoms with van der Waals surface area (Å²) in [7, 11) is 0. The number of rotatable bonds is 3. The third kappa shape index (κ3) is 2.80. The molecule has 0 amide bonds. The van der Waals surface area contributed by atoms with Crippen molar-refractivity contribution >= 4 is 21.9 Å². The summed E-state index contributed by atoms with van der Waals surface area (Å²) in [5.74, 6) is -1.22. The lowest BCUT2D eigenvalue weighted by atomic mass is 10.1. The first-order chi connectivity index (χ1) is 6.50. The van der Waals surface area contributed by atoms with Crippen LogP contribution in [0.15, 0.2) is 16.6 Å². The van der Waals surface area contributed by atoms with E-state index in [1.165, 1.54) is 6.07 Å². The molecule has 0 heterocycles. The highest BCUT2D eigenvalue weighted by atomic mass is 79.9. The Morgan fingerprint density at radius 1 is 1.57 bits per heavy atom. The summed E-state index contributed by atoms with van der Waals surface area (Å²) >= 11 is 3.10. The van der Waals surface area contributed by atoms with E-state index in [2.05, 4.69) is 15.9 Å². The van der Waals surface area contributed by atoms with Gasteiger partial charge >= 0.3 is 5.97 Å². The summed E-state index contributed by atoms with van der Waals surface area (Å²) in [4.78, 5) is 10.3. The predicted molar refractivity (Wildman–Crippen MR) is 54.8 cm³/mol. The minimum absolute atomic E-state index is 0.0154. The number of aliphatic carboxylic acids is 1. The quantitative estimate of drug-likeness (QED) is 0.908. The monoisotopic (exact) mass is 260 g/mol. The van der Waals surface area contributed by atoms with Crippen LogP contribution >= 0.6 is 15.9 Å². The molecule has 0 spiro atoms. The molecule has 0 radical (unpaired) electrons. The number of carboxylic acid groups (broad SMARTS) is 1. The lowest BCUT2D eigenvalue weighted by Crippen LogP contribution is -1.99. The van der Waals surface area contributed by atoms with E-state index >= 15 is 0 Å². The Morgan fingerprint density at radius 3 is 2.79 bits per heavy atom. The first kappa shape index (κ1) is 11.2. The normalized spacial score (nSPS) is 10.2. The molecule has 0 aliphatic heterocycles. The second-order valence-electron chi connectivity index (χ2n) is 3.11. The zero-order valence-corrected chi connectivity index (χ0v) is 9.27. The molecule has 1 N–H and O–H groups in total. The van der Waals surface area contributed by atoms with Crippen LogP contribution in [0.3, 0.4) is 0 Å². The first-order valence-corrected chi connectivity index (χ1v) is 4.96. The van der Waals surface area contributed by atoms with E-state index in [-0.39, 0.29) is 12.2 Å². The van der Waals surface area contributed by atoms with Gasteiger partial charge in [-0.15, -0.1) is 0 Å². The number of carboxylic acids is 1. The van der Waals surface area contributed by atoms with Gasteiger partial charge in [-0.25, -0.2) is 4.39 Å². The fraction of sp³-hybridized carbons (Fsp3) is 0.300. The molecule has 76 valence electrons. The number of hydrogen-bond donors (Lipinski definition) is 1. The molecule has 0 aromatic heterocycles. The van der Waals surface area contributed by atoms with Gasteiger partial charge in [0.2, 0.25) is 0 Å². The maximum absolute atomic E-state index is 13.2. The van der Waals surface area contributed by atoms with Crippen LogP contribution in [0, 0.1) is 12.7 Å². The smallest absolute Gasteiger partial charge is 0.303 e. The van der Waals surface area contributed by atoms with E-state index in [4.69, 9.17) is 5.11 Å². The fourth-order valence-corrected chi connectivity index (χ4v) is 1.65. The van der Waals surface area contributed by atoms with Gasteiger partial charge in [-0.3, -0.25) is 4.79 Å². The summed E-state index contributed by atoms with van der Waals surface area (Å²) in [5.41, 5.74) is 1.50. The predicted octanol–water partition coefficient (Wildman–Crippen LogP) is 2.91. The van der Waals surface area contributed by atoms with Crippen LogP contribution in [0.5, 0.6) is 0 Å². The number of carbonyl (C=O) groups is 1. The highest BCUT2D eigenvalue weighted by Gasteiger charge is 2.08. The largest absolute Gasteiger partial charge is 0.481 e. The average Bonchev–Trinajstić information content (AvgIpc) is 2.08. The van der Waals surface area contributed by atoms with Crippen LogP contribution in [0.2, 0.25) is 0 Å². The minimum atomic E-state index is -0.876. The summed E-state index contributed by atoms with van der Waals surface area (Å²) in [5, 5.41) is 8.50. The average molecular weight is 261 g/mol. The van der Waals surface area contributed by atoms with Crippen LogP contribution in [-0.2, 0) is 11.2 Å². The second-order valence-corrected chi connectivity index (χ2v) is 3.91. The van der Waals surface area contributed by atoms with Crippen molar-refractivity contribution in [3.05, 3.63) is 33.5 Å². The Kier molecular flexibility index (Phi) is 3.63.